The second kappa shape index (κ2) is 6.83. The summed E-state index contributed by atoms with van der Waals surface area (Å²) in [5, 5.41) is 0.303. The van der Waals surface area contributed by atoms with Crippen molar-refractivity contribution in [3.8, 4) is 0 Å². The summed E-state index contributed by atoms with van der Waals surface area (Å²) in [4.78, 5) is 2.39. The first-order chi connectivity index (χ1) is 9.83. The fraction of sp³-hybridized carbons (Fsp3) is 0.538. The zero-order chi connectivity index (χ0) is 15.6. The van der Waals surface area contributed by atoms with Crippen molar-refractivity contribution in [2.75, 3.05) is 25.4 Å². The lowest BCUT2D eigenvalue weighted by Crippen LogP contribution is -2.44. The molecule has 1 aliphatic heterocycles. The molecule has 0 atom stereocenters. The van der Waals surface area contributed by atoms with Gasteiger partial charge in [-0.2, -0.15) is 0 Å². The Morgan fingerprint density at radius 3 is 2.62 bits per heavy atom. The Kier molecular flexibility index (Phi) is 5.54. The molecule has 0 aromatic heterocycles. The Hall–Kier alpha value is -0.340. The van der Waals surface area contributed by atoms with Crippen LogP contribution in [0.25, 0.3) is 0 Å². The molecule has 0 bridgehead atoms. The molecule has 0 unspecified atom stereocenters. The second-order valence-corrected chi connectivity index (χ2v) is 8.05. The number of hydrogen-bond acceptors (Lipinski definition) is 4. The SMILES string of the molecule is CCN1CCC(NS(=O)(=O)c2cc(Cl)cc(N)c2Br)CC1. The Morgan fingerprint density at radius 1 is 1.43 bits per heavy atom. The number of halogens is 2. The van der Waals surface area contributed by atoms with Crippen molar-refractivity contribution in [2.24, 2.45) is 0 Å². The molecule has 1 aromatic rings. The van der Waals surface area contributed by atoms with Crippen LogP contribution in [0.2, 0.25) is 5.02 Å². The smallest absolute Gasteiger partial charge is 0.242 e. The van der Waals surface area contributed by atoms with Gasteiger partial charge < -0.3 is 10.6 Å². The maximum absolute atomic E-state index is 12.5. The number of piperidine rings is 1. The number of anilines is 1. The first kappa shape index (κ1) is 17.0. The number of nitrogens with zero attached hydrogens (tertiary/aromatic N) is 1. The van der Waals surface area contributed by atoms with Gasteiger partial charge in [-0.15, -0.1) is 0 Å². The van der Waals surface area contributed by atoms with Gasteiger partial charge in [0.15, 0.2) is 0 Å². The molecule has 1 fully saturated rings. The average molecular weight is 397 g/mol. The summed E-state index contributed by atoms with van der Waals surface area (Å²) in [6, 6.07) is 2.88. The van der Waals surface area contributed by atoms with Gasteiger partial charge in [-0.3, -0.25) is 0 Å². The summed E-state index contributed by atoms with van der Waals surface area (Å²) < 4.78 is 28.1. The highest BCUT2D eigenvalue weighted by molar-refractivity contribution is 9.10. The monoisotopic (exact) mass is 395 g/mol. The number of sulfonamides is 1. The van der Waals surface area contributed by atoms with E-state index in [0.717, 1.165) is 32.5 Å². The van der Waals surface area contributed by atoms with Gasteiger partial charge >= 0.3 is 0 Å². The van der Waals surface area contributed by atoms with E-state index in [4.69, 9.17) is 17.3 Å². The van der Waals surface area contributed by atoms with E-state index in [1.165, 1.54) is 12.1 Å². The van der Waals surface area contributed by atoms with Gasteiger partial charge in [-0.25, -0.2) is 13.1 Å². The molecule has 0 spiro atoms. The number of likely N-dealkylation sites (tertiary alicyclic amines) is 1. The quantitative estimate of drug-likeness (QED) is 0.767. The molecule has 21 heavy (non-hydrogen) atoms. The molecule has 3 N–H and O–H groups in total. The standard InChI is InChI=1S/C13H19BrClN3O2S/c1-2-18-5-3-10(4-6-18)17-21(19,20)12-8-9(15)7-11(16)13(12)14/h7-8,10,17H,2-6,16H2,1H3. The van der Waals surface area contributed by atoms with Crippen LogP contribution < -0.4 is 10.5 Å². The summed E-state index contributed by atoms with van der Waals surface area (Å²) in [6.45, 7) is 4.91. The van der Waals surface area contributed by atoms with Crippen molar-refractivity contribution in [1.29, 1.82) is 0 Å². The van der Waals surface area contributed by atoms with Gasteiger partial charge in [0, 0.05) is 16.8 Å². The van der Waals surface area contributed by atoms with Crippen LogP contribution in [0, 0.1) is 0 Å². The minimum absolute atomic E-state index is 0.0510. The number of nitrogen functional groups attached to an aromatic ring is 1. The highest BCUT2D eigenvalue weighted by Crippen LogP contribution is 2.31. The van der Waals surface area contributed by atoms with Gasteiger partial charge in [-0.05, 0) is 60.5 Å². The van der Waals surface area contributed by atoms with Gasteiger partial charge in [-0.1, -0.05) is 18.5 Å². The third kappa shape index (κ3) is 4.10. The van der Waals surface area contributed by atoms with Crippen molar-refractivity contribution in [2.45, 2.75) is 30.7 Å². The Balaban J connectivity index is 2.16. The third-order valence-corrected chi connectivity index (χ3v) is 6.59. The molecule has 118 valence electrons. The highest BCUT2D eigenvalue weighted by atomic mass is 79.9. The second-order valence-electron chi connectivity index (χ2n) is 5.14. The Bertz CT molecular complexity index is 616. The van der Waals surface area contributed by atoms with Gasteiger partial charge in [0.05, 0.1) is 9.37 Å². The fourth-order valence-electron chi connectivity index (χ4n) is 2.43. The molecular formula is C13H19BrClN3O2S. The van der Waals surface area contributed by atoms with E-state index in [0.29, 0.717) is 15.2 Å². The average Bonchev–Trinajstić information content (AvgIpc) is 2.43. The van der Waals surface area contributed by atoms with Crippen LogP contribution >= 0.6 is 27.5 Å². The predicted octanol–water partition coefficient (Wildman–Crippen LogP) is 2.45. The van der Waals surface area contributed by atoms with Crippen LogP contribution in [-0.2, 0) is 10.0 Å². The van der Waals surface area contributed by atoms with Gasteiger partial charge in [0.25, 0.3) is 0 Å². The lowest BCUT2D eigenvalue weighted by Gasteiger charge is -2.31. The Labute approximate surface area is 139 Å². The molecule has 0 amide bonds. The van der Waals surface area contributed by atoms with E-state index in [-0.39, 0.29) is 10.9 Å². The molecule has 1 heterocycles. The minimum atomic E-state index is -3.64. The van der Waals surface area contributed by atoms with Crippen LogP contribution in [0.1, 0.15) is 19.8 Å². The highest BCUT2D eigenvalue weighted by Gasteiger charge is 2.26. The molecule has 5 nitrogen and oxygen atoms in total. The number of benzene rings is 1. The van der Waals surface area contributed by atoms with E-state index in [2.05, 4.69) is 32.5 Å². The van der Waals surface area contributed by atoms with E-state index in [1.807, 2.05) is 0 Å². The molecule has 1 aromatic carbocycles. The first-order valence-corrected chi connectivity index (χ1v) is 9.48. The molecular weight excluding hydrogens is 378 g/mol. The zero-order valence-electron chi connectivity index (χ0n) is 11.8. The van der Waals surface area contributed by atoms with E-state index in [1.54, 1.807) is 0 Å². The number of nitrogens with one attached hydrogen (secondary N) is 1. The number of hydrogen-bond donors (Lipinski definition) is 2. The predicted molar refractivity (Wildman–Crippen MR) is 89.0 cm³/mol. The van der Waals surface area contributed by atoms with Crippen LogP contribution in [0.4, 0.5) is 5.69 Å². The third-order valence-electron chi connectivity index (χ3n) is 3.68. The number of rotatable bonds is 4. The van der Waals surface area contributed by atoms with Crippen molar-refractivity contribution < 1.29 is 8.42 Å². The fourth-order valence-corrected chi connectivity index (χ4v) is 5.03. The lowest BCUT2D eigenvalue weighted by molar-refractivity contribution is 0.217. The van der Waals surface area contributed by atoms with Crippen molar-refractivity contribution >= 4 is 43.2 Å². The van der Waals surface area contributed by atoms with Crippen molar-refractivity contribution in [1.82, 2.24) is 9.62 Å². The summed E-state index contributed by atoms with van der Waals surface area (Å²) >= 11 is 9.13. The van der Waals surface area contributed by atoms with E-state index < -0.39 is 10.0 Å². The molecule has 0 radical (unpaired) electrons. The zero-order valence-corrected chi connectivity index (χ0v) is 14.9. The molecule has 1 saturated heterocycles. The summed E-state index contributed by atoms with van der Waals surface area (Å²) in [5.74, 6) is 0. The summed E-state index contributed by atoms with van der Waals surface area (Å²) in [7, 11) is -3.64. The summed E-state index contributed by atoms with van der Waals surface area (Å²) in [5.41, 5.74) is 6.07. The number of nitrogens with two attached hydrogens (primary N) is 1. The molecule has 0 aliphatic carbocycles. The topological polar surface area (TPSA) is 75.4 Å². The van der Waals surface area contributed by atoms with Crippen molar-refractivity contribution in [3.05, 3.63) is 21.6 Å². The van der Waals surface area contributed by atoms with Crippen LogP contribution in [0.3, 0.4) is 0 Å². The van der Waals surface area contributed by atoms with Crippen molar-refractivity contribution in [3.63, 3.8) is 0 Å². The molecule has 0 saturated carbocycles. The van der Waals surface area contributed by atoms with E-state index >= 15 is 0 Å². The normalized spacial score (nSPS) is 18.0. The minimum Gasteiger partial charge on any atom is -0.398 e. The van der Waals surface area contributed by atoms with Crippen LogP contribution in [0.5, 0.6) is 0 Å². The first-order valence-electron chi connectivity index (χ1n) is 6.82. The van der Waals surface area contributed by atoms with Crippen LogP contribution in [-0.4, -0.2) is 39.0 Å². The lowest BCUT2D eigenvalue weighted by atomic mass is 10.1. The maximum atomic E-state index is 12.5. The molecule has 8 heteroatoms. The maximum Gasteiger partial charge on any atom is 0.242 e. The van der Waals surface area contributed by atoms with Crippen LogP contribution in [0.15, 0.2) is 21.5 Å². The summed E-state index contributed by atoms with van der Waals surface area (Å²) in [6.07, 6.45) is 1.61. The van der Waals surface area contributed by atoms with E-state index in [9.17, 15) is 8.42 Å². The Morgan fingerprint density at radius 2 is 2.05 bits per heavy atom. The molecule has 2 rings (SSSR count). The largest absolute Gasteiger partial charge is 0.398 e. The van der Waals surface area contributed by atoms with Gasteiger partial charge in [0.2, 0.25) is 10.0 Å². The van der Waals surface area contributed by atoms with Gasteiger partial charge in [0.1, 0.15) is 0 Å². The molecule has 1 aliphatic rings.